The zero-order chi connectivity index (χ0) is 18.7. The Morgan fingerprint density at radius 3 is 2.73 bits per heavy atom. The number of hydrogen-bond acceptors (Lipinski definition) is 4. The topological polar surface area (TPSA) is 52.3 Å². The summed E-state index contributed by atoms with van der Waals surface area (Å²) in [6.45, 7) is -0.242. The quantitative estimate of drug-likeness (QED) is 0.658. The highest BCUT2D eigenvalue weighted by Crippen LogP contribution is 2.42. The zero-order valence-electron chi connectivity index (χ0n) is 13.8. The van der Waals surface area contributed by atoms with Crippen molar-refractivity contribution in [1.82, 2.24) is 4.98 Å². The summed E-state index contributed by atoms with van der Waals surface area (Å²) in [6.07, 6.45) is -1.88. The molecule has 140 valence electrons. The predicted molar refractivity (Wildman–Crippen MR) is 88.2 cm³/mol. The summed E-state index contributed by atoms with van der Waals surface area (Å²) in [5.41, 5.74) is 0.892. The fourth-order valence-corrected chi connectivity index (χ4v) is 3.41. The molecule has 8 heteroatoms. The van der Waals surface area contributed by atoms with E-state index >= 15 is 0 Å². The molecule has 1 aliphatic carbocycles. The van der Waals surface area contributed by atoms with Gasteiger partial charge in [0, 0.05) is 0 Å². The van der Waals surface area contributed by atoms with Gasteiger partial charge in [-0.25, -0.2) is 4.98 Å². The van der Waals surface area contributed by atoms with Crippen molar-refractivity contribution < 1.29 is 27.1 Å². The molecule has 3 rings (SSSR count). The Kier molecular flexibility index (Phi) is 5.55. The van der Waals surface area contributed by atoms with Crippen LogP contribution in [0.4, 0.5) is 13.2 Å². The molecule has 1 aromatic carbocycles. The van der Waals surface area contributed by atoms with Gasteiger partial charge >= 0.3 is 12.1 Å². The third kappa shape index (κ3) is 4.20. The van der Waals surface area contributed by atoms with E-state index in [0.717, 1.165) is 0 Å². The van der Waals surface area contributed by atoms with Gasteiger partial charge in [-0.05, 0) is 25.0 Å². The summed E-state index contributed by atoms with van der Waals surface area (Å²) in [5, 5.41) is 0.452. The van der Waals surface area contributed by atoms with Gasteiger partial charge in [-0.3, -0.25) is 4.79 Å². The lowest BCUT2D eigenvalue weighted by Gasteiger charge is -2.31. The molecule has 2 atom stereocenters. The smallest absolute Gasteiger partial charge is 0.392 e. The van der Waals surface area contributed by atoms with Crippen molar-refractivity contribution in [1.29, 1.82) is 0 Å². The van der Waals surface area contributed by atoms with Crippen LogP contribution in [0.15, 0.2) is 34.9 Å². The number of benzene rings is 1. The minimum absolute atomic E-state index is 0.0378. The van der Waals surface area contributed by atoms with E-state index in [0.29, 0.717) is 29.1 Å². The van der Waals surface area contributed by atoms with Crippen molar-refractivity contribution in [2.75, 3.05) is 0 Å². The highest BCUT2D eigenvalue weighted by Gasteiger charge is 2.48. The van der Waals surface area contributed by atoms with E-state index in [9.17, 15) is 18.0 Å². The minimum atomic E-state index is -4.39. The number of hydrogen-bond donors (Lipinski definition) is 0. The Hall–Kier alpha value is -2.02. The lowest BCUT2D eigenvalue weighted by Crippen LogP contribution is -2.38. The van der Waals surface area contributed by atoms with Crippen LogP contribution in [0.2, 0.25) is 5.02 Å². The molecule has 0 bridgehead atoms. The second-order valence-electron chi connectivity index (χ2n) is 6.27. The SMILES string of the molecule is O=C(OCc1coc(-c2ccccc2Cl)n1)[C@H]1CCCC[C@H]1C(F)(F)F. The molecule has 1 aliphatic rings. The van der Waals surface area contributed by atoms with Crippen LogP contribution in [-0.4, -0.2) is 17.1 Å². The molecule has 2 aromatic rings. The number of oxazole rings is 1. The van der Waals surface area contributed by atoms with Gasteiger partial charge in [0.05, 0.1) is 22.4 Å². The Morgan fingerprint density at radius 2 is 2.00 bits per heavy atom. The molecule has 0 N–H and O–H groups in total. The van der Waals surface area contributed by atoms with Crippen molar-refractivity contribution in [2.45, 2.75) is 38.5 Å². The first-order valence-electron chi connectivity index (χ1n) is 8.29. The molecule has 0 saturated heterocycles. The average molecular weight is 388 g/mol. The molecule has 4 nitrogen and oxygen atoms in total. The van der Waals surface area contributed by atoms with Crippen LogP contribution >= 0.6 is 11.6 Å². The van der Waals surface area contributed by atoms with Crippen LogP contribution in [0.1, 0.15) is 31.4 Å². The van der Waals surface area contributed by atoms with Crippen molar-refractivity contribution in [3.63, 3.8) is 0 Å². The number of rotatable bonds is 4. The normalized spacial score (nSPS) is 20.8. The van der Waals surface area contributed by atoms with Gasteiger partial charge in [0.1, 0.15) is 18.6 Å². The number of aromatic nitrogens is 1. The molecule has 0 amide bonds. The van der Waals surface area contributed by atoms with E-state index in [1.54, 1.807) is 24.3 Å². The Morgan fingerprint density at radius 1 is 1.27 bits per heavy atom. The summed E-state index contributed by atoms with van der Waals surface area (Å²) >= 11 is 6.06. The van der Waals surface area contributed by atoms with E-state index in [-0.39, 0.29) is 25.3 Å². The van der Waals surface area contributed by atoms with E-state index in [1.807, 2.05) is 0 Å². The summed E-state index contributed by atoms with van der Waals surface area (Å²) in [7, 11) is 0. The fourth-order valence-electron chi connectivity index (χ4n) is 3.19. The van der Waals surface area contributed by atoms with Crippen LogP contribution in [0.5, 0.6) is 0 Å². The molecule has 1 heterocycles. The molecule has 0 spiro atoms. The molecule has 0 radical (unpaired) electrons. The maximum Gasteiger partial charge on any atom is 0.392 e. The molecule has 0 aliphatic heterocycles. The molecule has 26 heavy (non-hydrogen) atoms. The number of carbonyl (C=O) groups is 1. The molecule has 1 fully saturated rings. The van der Waals surface area contributed by atoms with Crippen molar-refractivity contribution in [2.24, 2.45) is 11.8 Å². The van der Waals surface area contributed by atoms with Gasteiger partial charge in [-0.15, -0.1) is 0 Å². The highest BCUT2D eigenvalue weighted by atomic mass is 35.5. The van der Waals surface area contributed by atoms with Crippen LogP contribution < -0.4 is 0 Å². The van der Waals surface area contributed by atoms with Crippen LogP contribution in [-0.2, 0) is 16.1 Å². The van der Waals surface area contributed by atoms with Gasteiger partial charge in [-0.2, -0.15) is 13.2 Å². The average Bonchev–Trinajstić information content (AvgIpc) is 3.08. The largest absolute Gasteiger partial charge is 0.459 e. The first kappa shape index (κ1) is 18.8. The second-order valence-corrected chi connectivity index (χ2v) is 6.68. The molecular weight excluding hydrogens is 371 g/mol. The van der Waals surface area contributed by atoms with Gasteiger partial charge in [0.25, 0.3) is 0 Å². The predicted octanol–water partition coefficient (Wildman–Crippen LogP) is 5.41. The highest BCUT2D eigenvalue weighted by molar-refractivity contribution is 6.33. The van der Waals surface area contributed by atoms with Crippen molar-refractivity contribution >= 4 is 17.6 Å². The molecule has 0 unspecified atom stereocenters. The zero-order valence-corrected chi connectivity index (χ0v) is 14.5. The lowest BCUT2D eigenvalue weighted by molar-refractivity contribution is -0.205. The third-order valence-corrected chi connectivity index (χ3v) is 4.84. The standard InChI is InChI=1S/C18H17ClF3NO3/c19-15-8-4-2-6-13(15)16-23-11(9-25-16)10-26-17(24)12-5-1-3-7-14(12)18(20,21)22/h2,4,6,8-9,12,14H,1,3,5,7,10H2/t12-,14+/m0/s1. The monoisotopic (exact) mass is 387 g/mol. The maximum atomic E-state index is 13.1. The number of alkyl halides is 3. The summed E-state index contributed by atoms with van der Waals surface area (Å²) < 4.78 is 49.7. The fraction of sp³-hybridized carbons (Fsp3) is 0.444. The van der Waals surface area contributed by atoms with Gasteiger partial charge in [0.2, 0.25) is 5.89 Å². The lowest BCUT2D eigenvalue weighted by atomic mass is 9.79. The Bertz CT molecular complexity index is 775. The Balaban J connectivity index is 1.64. The first-order chi connectivity index (χ1) is 12.4. The summed E-state index contributed by atoms with van der Waals surface area (Å²) in [4.78, 5) is 16.3. The number of nitrogens with zero attached hydrogens (tertiary/aromatic N) is 1. The van der Waals surface area contributed by atoms with Gasteiger partial charge in [-0.1, -0.05) is 36.6 Å². The van der Waals surface area contributed by atoms with E-state index < -0.39 is 24.0 Å². The summed E-state index contributed by atoms with van der Waals surface area (Å²) in [5.74, 6) is -3.37. The van der Waals surface area contributed by atoms with Crippen LogP contribution in [0.25, 0.3) is 11.5 Å². The number of carbonyl (C=O) groups excluding carboxylic acids is 1. The maximum absolute atomic E-state index is 13.1. The summed E-state index contributed by atoms with van der Waals surface area (Å²) in [6, 6.07) is 6.94. The van der Waals surface area contributed by atoms with Crippen LogP contribution in [0.3, 0.4) is 0 Å². The molecule has 1 saturated carbocycles. The number of halogens is 4. The van der Waals surface area contributed by atoms with Gasteiger partial charge in [0.15, 0.2) is 0 Å². The van der Waals surface area contributed by atoms with Crippen LogP contribution in [0, 0.1) is 11.8 Å². The second kappa shape index (κ2) is 7.70. The molecular formula is C18H17ClF3NO3. The van der Waals surface area contributed by atoms with Crippen molar-refractivity contribution in [3.05, 3.63) is 41.2 Å². The van der Waals surface area contributed by atoms with Gasteiger partial charge < -0.3 is 9.15 Å². The number of ether oxygens (including phenoxy) is 1. The van der Waals surface area contributed by atoms with E-state index in [1.165, 1.54) is 6.26 Å². The van der Waals surface area contributed by atoms with E-state index in [4.69, 9.17) is 20.8 Å². The third-order valence-electron chi connectivity index (χ3n) is 4.51. The van der Waals surface area contributed by atoms with E-state index in [2.05, 4.69) is 4.98 Å². The first-order valence-corrected chi connectivity index (χ1v) is 8.66. The number of esters is 1. The molecule has 1 aromatic heterocycles. The minimum Gasteiger partial charge on any atom is -0.459 e. The Labute approximate surface area is 153 Å². The van der Waals surface area contributed by atoms with Crippen molar-refractivity contribution in [3.8, 4) is 11.5 Å².